The van der Waals surface area contributed by atoms with E-state index in [9.17, 15) is 18.0 Å². The van der Waals surface area contributed by atoms with Crippen molar-refractivity contribution >= 4 is 23.2 Å². The van der Waals surface area contributed by atoms with Gasteiger partial charge in [0, 0.05) is 23.3 Å². The van der Waals surface area contributed by atoms with Gasteiger partial charge in [-0.3, -0.25) is 4.79 Å². The highest BCUT2D eigenvalue weighted by Crippen LogP contribution is 2.31. The van der Waals surface area contributed by atoms with Gasteiger partial charge in [-0.05, 0) is 65.9 Å². The zero-order valence-corrected chi connectivity index (χ0v) is 16.8. The molecule has 1 aliphatic heterocycles. The topological polar surface area (TPSA) is 90.7 Å². The second-order valence-corrected chi connectivity index (χ2v) is 7.41. The zero-order chi connectivity index (χ0) is 22.7. The van der Waals surface area contributed by atoms with Crippen molar-refractivity contribution in [1.29, 1.82) is 5.26 Å². The minimum atomic E-state index is -4.44. The third-order valence-corrected chi connectivity index (χ3v) is 5.15. The summed E-state index contributed by atoms with van der Waals surface area (Å²) in [6, 6.07) is 12.6. The average Bonchev–Trinajstić information content (AvgIpc) is 3.12. The molecule has 0 saturated heterocycles. The molecule has 0 spiro atoms. The number of alkyl halides is 3. The van der Waals surface area contributed by atoms with E-state index < -0.39 is 11.7 Å². The molecule has 32 heavy (non-hydrogen) atoms. The van der Waals surface area contributed by atoms with Crippen molar-refractivity contribution in [2.24, 2.45) is 0 Å². The molecule has 162 valence electrons. The lowest BCUT2D eigenvalue weighted by Crippen LogP contribution is -2.08. The van der Waals surface area contributed by atoms with Crippen LogP contribution in [0.3, 0.4) is 0 Å². The van der Waals surface area contributed by atoms with Gasteiger partial charge in [-0.25, -0.2) is 9.97 Å². The van der Waals surface area contributed by atoms with Gasteiger partial charge in [0.05, 0.1) is 24.5 Å². The molecule has 2 aromatic carbocycles. The maximum atomic E-state index is 13.1. The standard InChI is InChI=1S/C23H18F3N5O/c24-23(25,26)17-3-1-14(7-9-27)15(11-17)2-4-18-8-10-28-22(29-18)30-19-5-6-20-16(12-19)13-21(32)31-20/h1,3,5-6,8,10-12H,2,4,7,13H2,(H,31,32)(H,28,29,30). The van der Waals surface area contributed by atoms with Crippen LogP contribution in [0.1, 0.15) is 27.9 Å². The van der Waals surface area contributed by atoms with Crippen molar-refractivity contribution in [3.05, 3.63) is 76.6 Å². The number of benzene rings is 2. The first-order valence-electron chi connectivity index (χ1n) is 9.89. The van der Waals surface area contributed by atoms with Crippen LogP contribution in [-0.4, -0.2) is 15.9 Å². The van der Waals surface area contributed by atoms with E-state index >= 15 is 0 Å². The van der Waals surface area contributed by atoms with Gasteiger partial charge in [-0.2, -0.15) is 18.4 Å². The van der Waals surface area contributed by atoms with Crippen LogP contribution in [0.15, 0.2) is 48.7 Å². The second kappa shape index (κ2) is 8.67. The summed E-state index contributed by atoms with van der Waals surface area (Å²) in [6.07, 6.45) is -1.82. The molecule has 0 bridgehead atoms. The van der Waals surface area contributed by atoms with Crippen molar-refractivity contribution in [3.63, 3.8) is 0 Å². The second-order valence-electron chi connectivity index (χ2n) is 7.41. The van der Waals surface area contributed by atoms with Gasteiger partial charge in [0.25, 0.3) is 0 Å². The number of hydrogen-bond donors (Lipinski definition) is 2. The number of fused-ring (bicyclic) bond motifs is 1. The van der Waals surface area contributed by atoms with Crippen molar-refractivity contribution in [2.45, 2.75) is 31.9 Å². The Balaban J connectivity index is 1.49. The summed E-state index contributed by atoms with van der Waals surface area (Å²) in [5, 5.41) is 14.8. The minimum Gasteiger partial charge on any atom is -0.326 e. The Kier molecular flexibility index (Phi) is 5.77. The fourth-order valence-corrected chi connectivity index (χ4v) is 3.59. The molecule has 0 saturated carbocycles. The van der Waals surface area contributed by atoms with Crippen molar-refractivity contribution in [1.82, 2.24) is 9.97 Å². The van der Waals surface area contributed by atoms with Gasteiger partial charge in [0.15, 0.2) is 0 Å². The molecule has 0 fully saturated rings. The monoisotopic (exact) mass is 437 g/mol. The molecule has 2 N–H and O–H groups in total. The van der Waals surface area contributed by atoms with Crippen LogP contribution < -0.4 is 10.6 Å². The fourth-order valence-electron chi connectivity index (χ4n) is 3.59. The molecule has 1 aromatic heterocycles. The summed E-state index contributed by atoms with van der Waals surface area (Å²) in [5.74, 6) is 0.293. The van der Waals surface area contributed by atoms with Crippen LogP contribution in [0.4, 0.5) is 30.5 Å². The predicted molar refractivity (Wildman–Crippen MR) is 112 cm³/mol. The molecule has 0 radical (unpaired) electrons. The van der Waals surface area contributed by atoms with E-state index in [2.05, 4.69) is 20.6 Å². The summed E-state index contributed by atoms with van der Waals surface area (Å²) in [5.41, 5.74) is 3.37. The number of nitrogens with zero attached hydrogens (tertiary/aromatic N) is 3. The lowest BCUT2D eigenvalue weighted by molar-refractivity contribution is -0.137. The number of hydrogen-bond acceptors (Lipinski definition) is 5. The molecule has 9 heteroatoms. The van der Waals surface area contributed by atoms with Gasteiger partial charge in [0.2, 0.25) is 11.9 Å². The van der Waals surface area contributed by atoms with Crippen LogP contribution in [0.25, 0.3) is 0 Å². The number of amides is 1. The molecule has 0 unspecified atom stereocenters. The zero-order valence-electron chi connectivity index (χ0n) is 16.8. The highest BCUT2D eigenvalue weighted by atomic mass is 19.4. The van der Waals surface area contributed by atoms with Crippen LogP contribution in [0, 0.1) is 11.3 Å². The van der Waals surface area contributed by atoms with Gasteiger partial charge in [-0.15, -0.1) is 0 Å². The Labute approximate surface area is 182 Å². The van der Waals surface area contributed by atoms with E-state index in [1.54, 1.807) is 24.4 Å². The Bertz CT molecular complexity index is 1220. The molecule has 0 aliphatic carbocycles. The summed E-state index contributed by atoms with van der Waals surface area (Å²) >= 11 is 0. The lowest BCUT2D eigenvalue weighted by atomic mass is 9.97. The molecule has 6 nitrogen and oxygen atoms in total. The molecular weight excluding hydrogens is 419 g/mol. The smallest absolute Gasteiger partial charge is 0.326 e. The maximum Gasteiger partial charge on any atom is 0.416 e. The Hall–Kier alpha value is -3.93. The minimum absolute atomic E-state index is 0.0414. The summed E-state index contributed by atoms with van der Waals surface area (Å²) < 4.78 is 39.3. The number of nitriles is 1. The van der Waals surface area contributed by atoms with E-state index in [1.165, 1.54) is 6.07 Å². The summed E-state index contributed by atoms with van der Waals surface area (Å²) in [6.45, 7) is 0. The fraction of sp³-hybridized carbons (Fsp3) is 0.217. The van der Waals surface area contributed by atoms with Gasteiger partial charge < -0.3 is 10.6 Å². The van der Waals surface area contributed by atoms with Crippen LogP contribution >= 0.6 is 0 Å². The van der Waals surface area contributed by atoms with Gasteiger partial charge in [0.1, 0.15) is 0 Å². The van der Waals surface area contributed by atoms with Crippen molar-refractivity contribution in [2.75, 3.05) is 10.6 Å². The van der Waals surface area contributed by atoms with Crippen LogP contribution in [0.5, 0.6) is 0 Å². The van der Waals surface area contributed by atoms with Crippen LogP contribution in [0.2, 0.25) is 0 Å². The molecule has 1 amide bonds. The van der Waals surface area contributed by atoms with Crippen LogP contribution in [-0.2, 0) is 36.7 Å². The molecule has 2 heterocycles. The first-order chi connectivity index (χ1) is 15.3. The predicted octanol–water partition coefficient (Wildman–Crippen LogP) is 4.58. The largest absolute Gasteiger partial charge is 0.416 e. The molecule has 4 rings (SSSR count). The summed E-state index contributed by atoms with van der Waals surface area (Å²) in [7, 11) is 0. The number of aromatic nitrogens is 2. The Morgan fingerprint density at radius 3 is 2.72 bits per heavy atom. The number of halogens is 3. The highest BCUT2D eigenvalue weighted by Gasteiger charge is 2.30. The van der Waals surface area contributed by atoms with E-state index in [4.69, 9.17) is 5.26 Å². The normalized spacial score (nSPS) is 12.8. The molecular formula is C23H18F3N5O. The first-order valence-corrected chi connectivity index (χ1v) is 9.89. The Morgan fingerprint density at radius 1 is 1.09 bits per heavy atom. The number of nitrogens with one attached hydrogen (secondary N) is 2. The average molecular weight is 437 g/mol. The van der Waals surface area contributed by atoms with E-state index in [0.717, 1.165) is 29.1 Å². The molecule has 1 aliphatic rings. The quantitative estimate of drug-likeness (QED) is 0.589. The van der Waals surface area contributed by atoms with Crippen molar-refractivity contribution in [3.8, 4) is 6.07 Å². The van der Waals surface area contributed by atoms with E-state index in [1.807, 2.05) is 12.1 Å². The van der Waals surface area contributed by atoms with Gasteiger partial charge in [-0.1, -0.05) is 6.07 Å². The SMILES string of the molecule is N#CCc1ccc(C(F)(F)F)cc1CCc1ccnc(Nc2ccc3c(c2)CC(=O)N3)n1. The third-order valence-electron chi connectivity index (χ3n) is 5.15. The van der Waals surface area contributed by atoms with E-state index in [-0.39, 0.29) is 12.3 Å². The number of rotatable bonds is 6. The number of aryl methyl sites for hydroxylation is 2. The molecule has 3 aromatic rings. The third kappa shape index (κ3) is 4.86. The number of carbonyl (C=O) groups is 1. The highest BCUT2D eigenvalue weighted by molar-refractivity contribution is 5.99. The first kappa shape index (κ1) is 21.3. The maximum absolute atomic E-state index is 13.1. The number of carbonyl (C=O) groups excluding carboxylic acids is 1. The summed E-state index contributed by atoms with van der Waals surface area (Å²) in [4.78, 5) is 20.1. The number of anilines is 3. The lowest BCUT2D eigenvalue weighted by Gasteiger charge is -2.12. The van der Waals surface area contributed by atoms with E-state index in [0.29, 0.717) is 42.0 Å². The molecule has 0 atom stereocenters. The Morgan fingerprint density at radius 2 is 1.94 bits per heavy atom. The van der Waals surface area contributed by atoms with Crippen molar-refractivity contribution < 1.29 is 18.0 Å². The van der Waals surface area contributed by atoms with Gasteiger partial charge >= 0.3 is 6.18 Å².